The zero-order chi connectivity index (χ0) is 14.5. The van der Waals surface area contributed by atoms with Crippen LogP contribution in [-0.4, -0.2) is 57.4 Å². The fourth-order valence-corrected chi connectivity index (χ4v) is 2.19. The lowest BCUT2D eigenvalue weighted by atomic mass is 10.1. The smallest absolute Gasteiger partial charge is 0.257 e. The Bertz CT molecular complexity index is 478. The van der Waals surface area contributed by atoms with Gasteiger partial charge in [-0.2, -0.15) is 0 Å². The number of hydrogen-bond donors (Lipinski definition) is 1. The average Bonchev–Trinajstić information content (AvgIpc) is 2.53. The van der Waals surface area contributed by atoms with E-state index in [-0.39, 0.29) is 12.0 Å². The maximum Gasteiger partial charge on any atom is 0.257 e. The fraction of sp³-hybridized carbons (Fsp3) is 0.500. The molecular formula is C14H20N2O4. The summed E-state index contributed by atoms with van der Waals surface area (Å²) in [5.74, 6) is 1.08. The van der Waals surface area contributed by atoms with Gasteiger partial charge in [0.25, 0.3) is 5.91 Å². The van der Waals surface area contributed by atoms with Crippen molar-refractivity contribution < 1.29 is 19.0 Å². The van der Waals surface area contributed by atoms with Gasteiger partial charge in [0.05, 0.1) is 32.5 Å². The third kappa shape index (κ3) is 3.02. The zero-order valence-corrected chi connectivity index (χ0v) is 11.8. The molecule has 1 aliphatic heterocycles. The number of hydrogen-bond acceptors (Lipinski definition) is 5. The van der Waals surface area contributed by atoms with Gasteiger partial charge in [-0.1, -0.05) is 0 Å². The van der Waals surface area contributed by atoms with Crippen LogP contribution in [-0.2, 0) is 4.74 Å². The maximum absolute atomic E-state index is 12.5. The first kappa shape index (κ1) is 14.6. The van der Waals surface area contributed by atoms with Crippen LogP contribution in [0.5, 0.6) is 11.5 Å². The summed E-state index contributed by atoms with van der Waals surface area (Å²) in [7, 11) is 3.11. The molecule has 6 heteroatoms. The first-order valence-corrected chi connectivity index (χ1v) is 6.52. The third-order valence-electron chi connectivity index (χ3n) is 3.33. The molecule has 1 unspecified atom stereocenters. The number of carbonyl (C=O) groups is 1. The minimum atomic E-state index is -0.100. The predicted octanol–water partition coefficient (Wildman–Crippen LogP) is 0.504. The second-order valence-electron chi connectivity index (χ2n) is 4.55. The summed E-state index contributed by atoms with van der Waals surface area (Å²) in [6.45, 7) is 1.98. The van der Waals surface area contributed by atoms with Crippen molar-refractivity contribution in [1.29, 1.82) is 0 Å². The Hall–Kier alpha value is -1.79. The standard InChI is InChI=1S/C14H20N2O4/c1-18-10-3-4-12(13(7-10)19-2)14(17)16-5-6-20-11(8-15)9-16/h3-4,7,11H,5-6,8-9,15H2,1-2H3. The first-order valence-electron chi connectivity index (χ1n) is 6.52. The molecule has 0 radical (unpaired) electrons. The summed E-state index contributed by atoms with van der Waals surface area (Å²) in [6.07, 6.45) is -0.100. The quantitative estimate of drug-likeness (QED) is 0.869. The van der Waals surface area contributed by atoms with E-state index in [9.17, 15) is 4.79 Å². The van der Waals surface area contributed by atoms with Crippen LogP contribution in [0.3, 0.4) is 0 Å². The van der Waals surface area contributed by atoms with E-state index in [1.807, 2.05) is 0 Å². The number of nitrogens with two attached hydrogens (primary N) is 1. The van der Waals surface area contributed by atoms with E-state index in [1.165, 1.54) is 7.11 Å². The SMILES string of the molecule is COc1ccc(C(=O)N2CCOC(CN)C2)c(OC)c1. The van der Waals surface area contributed by atoms with Crippen molar-refractivity contribution in [3.63, 3.8) is 0 Å². The van der Waals surface area contributed by atoms with Gasteiger partial charge in [0.15, 0.2) is 0 Å². The molecule has 0 bridgehead atoms. The molecule has 1 heterocycles. The van der Waals surface area contributed by atoms with Gasteiger partial charge in [-0.15, -0.1) is 0 Å². The molecule has 1 aromatic carbocycles. The topological polar surface area (TPSA) is 74.0 Å². The summed E-state index contributed by atoms with van der Waals surface area (Å²) < 4.78 is 15.9. The van der Waals surface area contributed by atoms with Gasteiger partial charge >= 0.3 is 0 Å². The molecule has 1 atom stereocenters. The average molecular weight is 280 g/mol. The second kappa shape index (κ2) is 6.58. The molecule has 2 rings (SSSR count). The second-order valence-corrected chi connectivity index (χ2v) is 4.55. The molecular weight excluding hydrogens is 260 g/mol. The Morgan fingerprint density at radius 1 is 1.45 bits per heavy atom. The highest BCUT2D eigenvalue weighted by molar-refractivity contribution is 5.97. The van der Waals surface area contributed by atoms with E-state index >= 15 is 0 Å². The Kier molecular flexibility index (Phi) is 4.81. The van der Waals surface area contributed by atoms with Gasteiger partial charge in [0.2, 0.25) is 0 Å². The summed E-state index contributed by atoms with van der Waals surface area (Å²) in [4.78, 5) is 14.3. The van der Waals surface area contributed by atoms with Crippen LogP contribution in [0, 0.1) is 0 Å². The lowest BCUT2D eigenvalue weighted by Crippen LogP contribution is -2.48. The van der Waals surface area contributed by atoms with E-state index in [0.717, 1.165) is 0 Å². The molecule has 1 saturated heterocycles. The monoisotopic (exact) mass is 280 g/mol. The van der Waals surface area contributed by atoms with Crippen LogP contribution in [0.2, 0.25) is 0 Å². The number of ether oxygens (including phenoxy) is 3. The number of methoxy groups -OCH3 is 2. The van der Waals surface area contributed by atoms with E-state index in [0.29, 0.717) is 43.3 Å². The Morgan fingerprint density at radius 3 is 2.90 bits per heavy atom. The lowest BCUT2D eigenvalue weighted by molar-refractivity contribution is -0.0168. The van der Waals surface area contributed by atoms with Crippen LogP contribution in [0.1, 0.15) is 10.4 Å². The highest BCUT2D eigenvalue weighted by Gasteiger charge is 2.26. The Balaban J connectivity index is 2.19. The number of nitrogens with zero attached hydrogens (tertiary/aromatic N) is 1. The van der Waals surface area contributed by atoms with Gasteiger partial charge in [-0.25, -0.2) is 0 Å². The molecule has 1 fully saturated rings. The van der Waals surface area contributed by atoms with E-state index < -0.39 is 0 Å². The van der Waals surface area contributed by atoms with Crippen molar-refractivity contribution in [2.45, 2.75) is 6.10 Å². The third-order valence-corrected chi connectivity index (χ3v) is 3.33. The normalized spacial score (nSPS) is 18.8. The maximum atomic E-state index is 12.5. The zero-order valence-electron chi connectivity index (χ0n) is 11.8. The summed E-state index contributed by atoms with van der Waals surface area (Å²) in [6, 6.07) is 5.16. The minimum Gasteiger partial charge on any atom is -0.497 e. The van der Waals surface area contributed by atoms with Crippen molar-refractivity contribution in [3.8, 4) is 11.5 Å². The van der Waals surface area contributed by atoms with Crippen molar-refractivity contribution in [2.24, 2.45) is 5.73 Å². The highest BCUT2D eigenvalue weighted by atomic mass is 16.5. The fourth-order valence-electron chi connectivity index (χ4n) is 2.19. The lowest BCUT2D eigenvalue weighted by Gasteiger charge is -2.32. The largest absolute Gasteiger partial charge is 0.497 e. The van der Waals surface area contributed by atoms with Crippen LogP contribution in [0.15, 0.2) is 18.2 Å². The van der Waals surface area contributed by atoms with Gasteiger partial charge in [-0.3, -0.25) is 4.79 Å². The number of morpholine rings is 1. The van der Waals surface area contributed by atoms with Crippen molar-refractivity contribution >= 4 is 5.91 Å². The van der Waals surface area contributed by atoms with Crippen LogP contribution in [0.25, 0.3) is 0 Å². The molecule has 1 amide bonds. The van der Waals surface area contributed by atoms with Gasteiger partial charge in [0.1, 0.15) is 11.5 Å². The highest BCUT2D eigenvalue weighted by Crippen LogP contribution is 2.26. The molecule has 1 aliphatic rings. The molecule has 0 spiro atoms. The summed E-state index contributed by atoms with van der Waals surface area (Å²) >= 11 is 0. The van der Waals surface area contributed by atoms with Crippen molar-refractivity contribution in [3.05, 3.63) is 23.8 Å². The molecule has 20 heavy (non-hydrogen) atoms. The summed E-state index contributed by atoms with van der Waals surface area (Å²) in [5, 5.41) is 0. The molecule has 6 nitrogen and oxygen atoms in total. The number of carbonyl (C=O) groups excluding carboxylic acids is 1. The molecule has 2 N–H and O–H groups in total. The molecule has 0 saturated carbocycles. The number of amides is 1. The van der Waals surface area contributed by atoms with Gasteiger partial charge in [-0.05, 0) is 12.1 Å². The van der Waals surface area contributed by atoms with E-state index in [1.54, 1.807) is 30.2 Å². The van der Waals surface area contributed by atoms with Crippen molar-refractivity contribution in [2.75, 3.05) is 40.5 Å². The molecule has 1 aromatic rings. The Labute approximate surface area is 118 Å². The first-order chi connectivity index (χ1) is 9.69. The van der Waals surface area contributed by atoms with E-state index in [2.05, 4.69) is 0 Å². The summed E-state index contributed by atoms with van der Waals surface area (Å²) in [5.41, 5.74) is 6.11. The molecule has 110 valence electrons. The minimum absolute atomic E-state index is 0.0775. The van der Waals surface area contributed by atoms with E-state index in [4.69, 9.17) is 19.9 Å². The Morgan fingerprint density at radius 2 is 2.25 bits per heavy atom. The van der Waals surface area contributed by atoms with Gasteiger partial charge < -0.3 is 24.8 Å². The number of rotatable bonds is 4. The number of benzene rings is 1. The van der Waals surface area contributed by atoms with Crippen LogP contribution >= 0.6 is 0 Å². The van der Waals surface area contributed by atoms with Crippen LogP contribution < -0.4 is 15.2 Å². The van der Waals surface area contributed by atoms with Crippen molar-refractivity contribution in [1.82, 2.24) is 4.90 Å². The van der Waals surface area contributed by atoms with Crippen LogP contribution in [0.4, 0.5) is 0 Å². The van der Waals surface area contributed by atoms with Gasteiger partial charge in [0, 0.05) is 25.7 Å². The predicted molar refractivity (Wildman–Crippen MR) is 74.2 cm³/mol. The molecule has 0 aliphatic carbocycles. The molecule has 0 aromatic heterocycles.